The summed E-state index contributed by atoms with van der Waals surface area (Å²) < 4.78 is 0. The van der Waals surface area contributed by atoms with Crippen LogP contribution in [-0.2, 0) is 11.2 Å². The zero-order chi connectivity index (χ0) is 11.0. The molecule has 0 saturated carbocycles. The average molecular weight is 209 g/mol. The summed E-state index contributed by atoms with van der Waals surface area (Å²) in [5.74, 6) is 0. The number of fused-ring (bicyclic) bond motifs is 2. The zero-order valence-corrected chi connectivity index (χ0v) is 8.76. The third-order valence-electron chi connectivity index (χ3n) is 2.99. The molecule has 2 aromatic rings. The number of rotatable bonds is 1. The molecule has 0 saturated heterocycles. The third kappa shape index (κ3) is 1.23. The monoisotopic (exact) mass is 209 g/mol. The lowest BCUT2D eigenvalue weighted by molar-refractivity contribution is -0.106. The smallest absolute Gasteiger partial charge is 0.218 e. The fourth-order valence-corrected chi connectivity index (χ4v) is 2.24. The van der Waals surface area contributed by atoms with Crippen molar-refractivity contribution in [3.05, 3.63) is 59.7 Å². The van der Waals surface area contributed by atoms with E-state index in [2.05, 4.69) is 12.1 Å². The van der Waals surface area contributed by atoms with Crippen molar-refractivity contribution in [2.45, 2.75) is 6.42 Å². The molecule has 1 amide bonds. The number of amides is 1. The second-order valence-corrected chi connectivity index (χ2v) is 3.91. The van der Waals surface area contributed by atoms with Crippen LogP contribution in [0.5, 0.6) is 0 Å². The van der Waals surface area contributed by atoms with E-state index >= 15 is 0 Å². The van der Waals surface area contributed by atoms with Gasteiger partial charge in [-0.3, -0.25) is 9.69 Å². The van der Waals surface area contributed by atoms with Gasteiger partial charge in [0.05, 0.1) is 11.4 Å². The first-order valence-electron chi connectivity index (χ1n) is 5.30. The topological polar surface area (TPSA) is 20.3 Å². The van der Waals surface area contributed by atoms with Gasteiger partial charge < -0.3 is 0 Å². The van der Waals surface area contributed by atoms with Gasteiger partial charge in [0, 0.05) is 6.42 Å². The van der Waals surface area contributed by atoms with E-state index in [4.69, 9.17) is 0 Å². The van der Waals surface area contributed by atoms with Crippen molar-refractivity contribution in [2.75, 3.05) is 4.90 Å². The summed E-state index contributed by atoms with van der Waals surface area (Å²) in [4.78, 5) is 12.9. The van der Waals surface area contributed by atoms with Gasteiger partial charge in [-0.2, -0.15) is 0 Å². The minimum Gasteiger partial charge on any atom is -0.283 e. The maximum atomic E-state index is 11.2. The Balaban J connectivity index is 2.23. The molecule has 0 unspecified atom stereocenters. The molecule has 0 fully saturated rings. The number of benzene rings is 2. The predicted octanol–water partition coefficient (Wildman–Crippen LogP) is 2.89. The molecule has 3 rings (SSSR count). The lowest BCUT2D eigenvalue weighted by Crippen LogP contribution is -2.21. The summed E-state index contributed by atoms with van der Waals surface area (Å²) in [6, 6.07) is 16.1. The first kappa shape index (κ1) is 9.16. The molecule has 0 bridgehead atoms. The molecule has 0 aromatic heterocycles. The van der Waals surface area contributed by atoms with Crippen LogP contribution in [-0.4, -0.2) is 6.41 Å². The van der Waals surface area contributed by atoms with Crippen LogP contribution in [0.3, 0.4) is 0 Å². The average Bonchev–Trinajstić information content (AvgIpc) is 2.36. The number of anilines is 2. The quantitative estimate of drug-likeness (QED) is 0.661. The summed E-state index contributed by atoms with van der Waals surface area (Å²) in [6.07, 6.45) is 1.79. The molecular weight excluding hydrogens is 198 g/mol. The Morgan fingerprint density at radius 3 is 1.88 bits per heavy atom. The van der Waals surface area contributed by atoms with Crippen molar-refractivity contribution in [3.8, 4) is 0 Å². The molecule has 0 aliphatic carbocycles. The Morgan fingerprint density at radius 2 is 1.38 bits per heavy atom. The maximum Gasteiger partial charge on any atom is 0.218 e. The number of hydrogen-bond acceptors (Lipinski definition) is 1. The largest absolute Gasteiger partial charge is 0.283 e. The Hall–Kier alpha value is -2.09. The zero-order valence-electron chi connectivity index (χ0n) is 8.76. The van der Waals surface area contributed by atoms with Gasteiger partial charge in [0.25, 0.3) is 0 Å². The van der Waals surface area contributed by atoms with Crippen LogP contribution in [0.2, 0.25) is 0 Å². The number of hydrogen-bond donors (Lipinski definition) is 0. The van der Waals surface area contributed by atoms with Crippen molar-refractivity contribution < 1.29 is 4.79 Å². The van der Waals surface area contributed by atoms with Crippen molar-refractivity contribution in [1.29, 1.82) is 0 Å². The standard InChI is InChI=1S/C14H11NO/c16-10-15-13-7-3-1-5-11(13)9-12-6-2-4-8-14(12)15/h1-8,10H,9H2. The Kier molecular flexibility index (Phi) is 2.00. The van der Waals surface area contributed by atoms with Crippen LogP contribution < -0.4 is 4.90 Å². The van der Waals surface area contributed by atoms with Gasteiger partial charge in [-0.25, -0.2) is 0 Å². The minimum absolute atomic E-state index is 0.886. The van der Waals surface area contributed by atoms with Crippen molar-refractivity contribution in [3.63, 3.8) is 0 Å². The normalized spacial score (nSPS) is 12.9. The second-order valence-electron chi connectivity index (χ2n) is 3.91. The van der Waals surface area contributed by atoms with Gasteiger partial charge in [-0.15, -0.1) is 0 Å². The highest BCUT2D eigenvalue weighted by atomic mass is 16.1. The van der Waals surface area contributed by atoms with Gasteiger partial charge in [0.1, 0.15) is 0 Å². The second kappa shape index (κ2) is 3.49. The first-order valence-corrected chi connectivity index (χ1v) is 5.30. The number of para-hydroxylation sites is 2. The molecule has 2 aromatic carbocycles. The van der Waals surface area contributed by atoms with Gasteiger partial charge in [-0.05, 0) is 23.3 Å². The van der Waals surface area contributed by atoms with Crippen LogP contribution in [0.25, 0.3) is 0 Å². The lowest BCUT2D eigenvalue weighted by atomic mass is 9.96. The summed E-state index contributed by atoms with van der Waals surface area (Å²) in [5.41, 5.74) is 4.40. The molecule has 0 radical (unpaired) electrons. The molecule has 2 heteroatoms. The van der Waals surface area contributed by atoms with Crippen molar-refractivity contribution in [2.24, 2.45) is 0 Å². The summed E-state index contributed by atoms with van der Waals surface area (Å²) in [6.45, 7) is 0. The van der Waals surface area contributed by atoms with Crippen LogP contribution in [0, 0.1) is 0 Å². The molecule has 1 aliphatic heterocycles. The molecule has 16 heavy (non-hydrogen) atoms. The summed E-state index contributed by atoms with van der Waals surface area (Å²) >= 11 is 0. The predicted molar refractivity (Wildman–Crippen MR) is 63.9 cm³/mol. The number of nitrogens with zero attached hydrogens (tertiary/aromatic N) is 1. The molecule has 2 nitrogen and oxygen atoms in total. The van der Waals surface area contributed by atoms with Crippen LogP contribution in [0.1, 0.15) is 11.1 Å². The van der Waals surface area contributed by atoms with Crippen LogP contribution >= 0.6 is 0 Å². The van der Waals surface area contributed by atoms with E-state index in [0.717, 1.165) is 24.2 Å². The van der Waals surface area contributed by atoms with Gasteiger partial charge in [0.2, 0.25) is 6.41 Å². The SMILES string of the molecule is O=CN1c2ccccc2Cc2ccccc21. The summed E-state index contributed by atoms with van der Waals surface area (Å²) in [7, 11) is 0. The third-order valence-corrected chi connectivity index (χ3v) is 2.99. The van der Waals surface area contributed by atoms with Crippen LogP contribution in [0.4, 0.5) is 11.4 Å². The molecule has 0 N–H and O–H groups in total. The van der Waals surface area contributed by atoms with E-state index in [9.17, 15) is 4.79 Å². The highest BCUT2D eigenvalue weighted by molar-refractivity contribution is 5.91. The molecule has 1 heterocycles. The molecule has 0 spiro atoms. The van der Waals surface area contributed by atoms with E-state index in [1.54, 1.807) is 4.90 Å². The van der Waals surface area contributed by atoms with E-state index in [-0.39, 0.29) is 0 Å². The molecule has 78 valence electrons. The Morgan fingerprint density at radius 1 is 0.875 bits per heavy atom. The molecule has 1 aliphatic rings. The van der Waals surface area contributed by atoms with E-state index in [1.165, 1.54) is 11.1 Å². The highest BCUT2D eigenvalue weighted by Gasteiger charge is 2.20. The number of carbonyl (C=O) groups excluding carboxylic acids is 1. The van der Waals surface area contributed by atoms with Gasteiger partial charge in [0.15, 0.2) is 0 Å². The van der Waals surface area contributed by atoms with Gasteiger partial charge in [-0.1, -0.05) is 36.4 Å². The minimum atomic E-state index is 0.886. The Labute approximate surface area is 94.1 Å². The fourth-order valence-electron chi connectivity index (χ4n) is 2.24. The Bertz CT molecular complexity index is 502. The summed E-state index contributed by atoms with van der Waals surface area (Å²) in [5, 5.41) is 0. The van der Waals surface area contributed by atoms with E-state index in [0.29, 0.717) is 0 Å². The van der Waals surface area contributed by atoms with Crippen molar-refractivity contribution >= 4 is 17.8 Å². The van der Waals surface area contributed by atoms with Gasteiger partial charge >= 0.3 is 0 Å². The van der Waals surface area contributed by atoms with Crippen LogP contribution in [0.15, 0.2) is 48.5 Å². The maximum absolute atomic E-state index is 11.2. The van der Waals surface area contributed by atoms with E-state index < -0.39 is 0 Å². The first-order chi connectivity index (χ1) is 7.90. The fraction of sp³-hybridized carbons (Fsp3) is 0.0714. The lowest BCUT2D eigenvalue weighted by Gasteiger charge is -2.28. The highest BCUT2D eigenvalue weighted by Crippen LogP contribution is 2.36. The van der Waals surface area contributed by atoms with E-state index in [1.807, 2.05) is 36.4 Å². The number of carbonyl (C=O) groups is 1. The van der Waals surface area contributed by atoms with Crippen molar-refractivity contribution in [1.82, 2.24) is 0 Å². The molecule has 0 atom stereocenters. The molecular formula is C14H11NO.